The molecule has 0 aliphatic carbocycles. The van der Waals surface area contributed by atoms with E-state index in [1.54, 1.807) is 0 Å². The molecule has 1 aromatic carbocycles. The second kappa shape index (κ2) is 7.32. The summed E-state index contributed by atoms with van der Waals surface area (Å²) >= 11 is 2.04. The average molecular weight is 278 g/mol. The maximum absolute atomic E-state index is 3.81. The van der Waals surface area contributed by atoms with Crippen molar-refractivity contribution in [3.63, 3.8) is 0 Å². The minimum Gasteiger partial charge on any atom is -0.305 e. The molecule has 1 aliphatic rings. The molecular weight excluding hydrogens is 252 g/mol. The predicted molar refractivity (Wildman–Crippen MR) is 85.7 cm³/mol. The Morgan fingerprint density at radius 1 is 1.32 bits per heavy atom. The molecule has 106 valence electrons. The lowest BCUT2D eigenvalue weighted by atomic mass is 10.0. The van der Waals surface area contributed by atoms with Gasteiger partial charge in [0, 0.05) is 30.1 Å². The molecule has 2 rings (SSSR count). The zero-order chi connectivity index (χ0) is 13.7. The minimum absolute atomic E-state index is 0.514. The van der Waals surface area contributed by atoms with Crippen molar-refractivity contribution in [2.24, 2.45) is 0 Å². The van der Waals surface area contributed by atoms with Crippen molar-refractivity contribution in [1.29, 1.82) is 0 Å². The van der Waals surface area contributed by atoms with Crippen LogP contribution in [0.4, 0.5) is 0 Å². The van der Waals surface area contributed by atoms with Crippen LogP contribution in [0.2, 0.25) is 0 Å². The molecule has 0 fully saturated rings. The summed E-state index contributed by atoms with van der Waals surface area (Å²) in [5, 5.41) is 3.81. The van der Waals surface area contributed by atoms with Crippen molar-refractivity contribution >= 4 is 11.8 Å². The van der Waals surface area contributed by atoms with Crippen LogP contribution in [0.1, 0.15) is 37.9 Å². The minimum atomic E-state index is 0.514. The fourth-order valence-corrected chi connectivity index (χ4v) is 3.90. The molecule has 0 spiro atoms. The Bertz CT molecular complexity index is 390. The maximum Gasteiger partial charge on any atom is 0.0417 e. The largest absolute Gasteiger partial charge is 0.305 e. The van der Waals surface area contributed by atoms with E-state index in [0.717, 1.165) is 19.6 Å². The van der Waals surface area contributed by atoms with Crippen molar-refractivity contribution in [3.05, 3.63) is 35.4 Å². The van der Waals surface area contributed by atoms with E-state index < -0.39 is 0 Å². The second-order valence-electron chi connectivity index (χ2n) is 5.32. The number of rotatable bonds is 6. The van der Waals surface area contributed by atoms with E-state index >= 15 is 0 Å². The van der Waals surface area contributed by atoms with E-state index in [-0.39, 0.29) is 0 Å². The van der Waals surface area contributed by atoms with Gasteiger partial charge in [-0.3, -0.25) is 0 Å². The lowest BCUT2D eigenvalue weighted by Crippen LogP contribution is -2.42. The lowest BCUT2D eigenvalue weighted by molar-refractivity contribution is 0.264. The standard InChI is InChI=1S/C16H26N2S/c1-4-18(5-2)10-13(3)17-16-12-19-11-14-8-6-7-9-15(14)16/h6-9,13,16-17H,4-5,10-12H2,1-3H3. The first-order chi connectivity index (χ1) is 9.24. The Morgan fingerprint density at radius 3 is 2.79 bits per heavy atom. The molecule has 0 saturated carbocycles. The Balaban J connectivity index is 1.96. The highest BCUT2D eigenvalue weighted by Crippen LogP contribution is 2.31. The number of thioether (sulfide) groups is 1. The normalized spacial score (nSPS) is 20.3. The Labute approximate surface area is 122 Å². The second-order valence-corrected chi connectivity index (χ2v) is 6.35. The summed E-state index contributed by atoms with van der Waals surface area (Å²) < 4.78 is 0. The molecule has 1 N–H and O–H groups in total. The van der Waals surface area contributed by atoms with Gasteiger partial charge in [0.05, 0.1) is 0 Å². The molecule has 0 bridgehead atoms. The van der Waals surface area contributed by atoms with Crippen LogP contribution in [-0.4, -0.2) is 36.3 Å². The molecule has 1 aromatic rings. The van der Waals surface area contributed by atoms with Gasteiger partial charge in [-0.05, 0) is 31.1 Å². The Hall–Kier alpha value is -0.510. The fraction of sp³-hybridized carbons (Fsp3) is 0.625. The summed E-state index contributed by atoms with van der Waals surface area (Å²) in [5.74, 6) is 2.36. The summed E-state index contributed by atoms with van der Waals surface area (Å²) in [6.07, 6.45) is 0. The van der Waals surface area contributed by atoms with E-state index in [2.05, 4.69) is 55.3 Å². The van der Waals surface area contributed by atoms with Crippen molar-refractivity contribution in [1.82, 2.24) is 10.2 Å². The van der Waals surface area contributed by atoms with Crippen LogP contribution in [0.25, 0.3) is 0 Å². The highest BCUT2D eigenvalue weighted by molar-refractivity contribution is 7.98. The first-order valence-electron chi connectivity index (χ1n) is 7.38. The van der Waals surface area contributed by atoms with Gasteiger partial charge in [0.1, 0.15) is 0 Å². The van der Waals surface area contributed by atoms with Crippen LogP contribution in [0.15, 0.2) is 24.3 Å². The number of hydrogen-bond donors (Lipinski definition) is 1. The van der Waals surface area contributed by atoms with Crippen LogP contribution >= 0.6 is 11.8 Å². The van der Waals surface area contributed by atoms with E-state index in [1.165, 1.54) is 22.6 Å². The summed E-state index contributed by atoms with van der Waals surface area (Å²) in [6.45, 7) is 10.2. The first-order valence-corrected chi connectivity index (χ1v) is 8.54. The molecule has 2 unspecified atom stereocenters. The monoisotopic (exact) mass is 278 g/mol. The Kier molecular flexibility index (Phi) is 5.74. The number of nitrogens with one attached hydrogen (secondary N) is 1. The van der Waals surface area contributed by atoms with Gasteiger partial charge in [-0.1, -0.05) is 38.1 Å². The van der Waals surface area contributed by atoms with Gasteiger partial charge in [0.15, 0.2) is 0 Å². The van der Waals surface area contributed by atoms with Crippen molar-refractivity contribution in [2.45, 2.75) is 38.6 Å². The molecule has 1 heterocycles. The van der Waals surface area contributed by atoms with Crippen LogP contribution in [0.5, 0.6) is 0 Å². The highest BCUT2D eigenvalue weighted by atomic mass is 32.2. The zero-order valence-corrected chi connectivity index (χ0v) is 13.2. The van der Waals surface area contributed by atoms with Crippen LogP contribution in [0, 0.1) is 0 Å². The van der Waals surface area contributed by atoms with Crippen molar-refractivity contribution in [3.8, 4) is 0 Å². The van der Waals surface area contributed by atoms with E-state index in [4.69, 9.17) is 0 Å². The molecule has 3 heteroatoms. The molecule has 0 amide bonds. The number of hydrogen-bond acceptors (Lipinski definition) is 3. The van der Waals surface area contributed by atoms with Gasteiger partial charge in [-0.15, -0.1) is 0 Å². The summed E-state index contributed by atoms with van der Waals surface area (Å²) in [7, 11) is 0. The number of likely N-dealkylation sites (N-methyl/N-ethyl adjacent to an activating group) is 1. The number of nitrogens with zero attached hydrogens (tertiary/aromatic N) is 1. The van der Waals surface area contributed by atoms with Gasteiger partial charge in [0.2, 0.25) is 0 Å². The summed E-state index contributed by atoms with van der Waals surface area (Å²) in [5.41, 5.74) is 3.01. The summed E-state index contributed by atoms with van der Waals surface area (Å²) in [4.78, 5) is 2.49. The smallest absolute Gasteiger partial charge is 0.0417 e. The highest BCUT2D eigenvalue weighted by Gasteiger charge is 2.21. The summed E-state index contributed by atoms with van der Waals surface area (Å²) in [6, 6.07) is 9.93. The van der Waals surface area contributed by atoms with Crippen LogP contribution in [0.3, 0.4) is 0 Å². The average Bonchev–Trinajstić information content (AvgIpc) is 2.45. The molecule has 0 radical (unpaired) electrons. The number of benzene rings is 1. The third-order valence-electron chi connectivity index (χ3n) is 3.88. The van der Waals surface area contributed by atoms with Gasteiger partial charge < -0.3 is 10.2 Å². The molecule has 0 aromatic heterocycles. The number of fused-ring (bicyclic) bond motifs is 1. The molecule has 2 nitrogen and oxygen atoms in total. The van der Waals surface area contributed by atoms with Gasteiger partial charge in [0.25, 0.3) is 0 Å². The third-order valence-corrected chi connectivity index (χ3v) is 4.97. The molecule has 1 aliphatic heterocycles. The fourth-order valence-electron chi connectivity index (χ4n) is 2.79. The maximum atomic E-state index is 3.81. The molecule has 19 heavy (non-hydrogen) atoms. The molecule has 0 saturated heterocycles. The predicted octanol–water partition coefficient (Wildman–Crippen LogP) is 3.29. The van der Waals surface area contributed by atoms with E-state index in [1.807, 2.05) is 11.8 Å². The van der Waals surface area contributed by atoms with Crippen LogP contribution in [-0.2, 0) is 5.75 Å². The van der Waals surface area contributed by atoms with E-state index in [9.17, 15) is 0 Å². The molecular formula is C16H26N2S. The zero-order valence-electron chi connectivity index (χ0n) is 12.4. The first kappa shape index (κ1) is 14.9. The molecule has 2 atom stereocenters. The van der Waals surface area contributed by atoms with Gasteiger partial charge >= 0.3 is 0 Å². The van der Waals surface area contributed by atoms with Crippen molar-refractivity contribution < 1.29 is 0 Å². The van der Waals surface area contributed by atoms with Gasteiger partial charge in [-0.25, -0.2) is 0 Å². The van der Waals surface area contributed by atoms with Crippen molar-refractivity contribution in [2.75, 3.05) is 25.4 Å². The van der Waals surface area contributed by atoms with Gasteiger partial charge in [-0.2, -0.15) is 11.8 Å². The lowest BCUT2D eigenvalue weighted by Gasteiger charge is -2.31. The Morgan fingerprint density at radius 2 is 2.05 bits per heavy atom. The quantitative estimate of drug-likeness (QED) is 0.859. The van der Waals surface area contributed by atoms with E-state index in [0.29, 0.717) is 12.1 Å². The topological polar surface area (TPSA) is 15.3 Å². The SMILES string of the molecule is CCN(CC)CC(C)NC1CSCc2ccccc21. The van der Waals surface area contributed by atoms with Crippen LogP contribution < -0.4 is 5.32 Å². The third kappa shape index (κ3) is 3.98.